The summed E-state index contributed by atoms with van der Waals surface area (Å²) in [5.74, 6) is -1.15. The molecule has 0 saturated carbocycles. The Bertz CT molecular complexity index is 452. The minimum Gasteiger partial charge on any atom is -0.481 e. The van der Waals surface area contributed by atoms with Crippen LogP contribution in [0.4, 0.5) is 0 Å². The van der Waals surface area contributed by atoms with Crippen LogP contribution in [-0.2, 0) is 11.2 Å². The monoisotopic (exact) mass is 249 g/mol. The van der Waals surface area contributed by atoms with Gasteiger partial charge in [0.15, 0.2) is 0 Å². The third-order valence-corrected chi connectivity index (χ3v) is 2.69. The van der Waals surface area contributed by atoms with E-state index in [4.69, 9.17) is 5.11 Å². The Morgan fingerprint density at radius 3 is 2.44 bits per heavy atom. The zero-order chi connectivity index (χ0) is 13.8. The van der Waals surface area contributed by atoms with Gasteiger partial charge in [-0.2, -0.15) is 0 Å². The molecule has 1 rings (SSSR count). The molecular formula is C14H19NO3. The predicted octanol–water partition coefficient (Wildman–Crippen LogP) is 2.23. The maximum absolute atomic E-state index is 12.1. The number of hydrogen-bond donors (Lipinski definition) is 2. The third-order valence-electron chi connectivity index (χ3n) is 2.69. The molecule has 0 radical (unpaired) electrons. The average Bonchev–Trinajstić information content (AvgIpc) is 2.26. The van der Waals surface area contributed by atoms with Gasteiger partial charge in [-0.1, -0.05) is 25.1 Å². The first kappa shape index (κ1) is 14.2. The zero-order valence-electron chi connectivity index (χ0n) is 11.0. The molecule has 1 amide bonds. The van der Waals surface area contributed by atoms with Crippen molar-refractivity contribution in [2.75, 3.05) is 0 Å². The Labute approximate surface area is 107 Å². The van der Waals surface area contributed by atoms with E-state index in [2.05, 4.69) is 5.32 Å². The molecule has 98 valence electrons. The van der Waals surface area contributed by atoms with E-state index in [1.807, 2.05) is 19.1 Å². The summed E-state index contributed by atoms with van der Waals surface area (Å²) < 4.78 is 0. The van der Waals surface area contributed by atoms with Crippen molar-refractivity contribution in [3.05, 3.63) is 35.4 Å². The number of carboxylic acid groups (broad SMARTS) is 1. The smallest absolute Gasteiger partial charge is 0.305 e. The number of nitrogens with one attached hydrogen (secondary N) is 1. The van der Waals surface area contributed by atoms with Crippen molar-refractivity contribution >= 4 is 11.9 Å². The number of amides is 1. The van der Waals surface area contributed by atoms with E-state index in [1.165, 1.54) is 0 Å². The van der Waals surface area contributed by atoms with Crippen LogP contribution in [0.5, 0.6) is 0 Å². The average molecular weight is 249 g/mol. The van der Waals surface area contributed by atoms with Gasteiger partial charge in [-0.05, 0) is 31.9 Å². The van der Waals surface area contributed by atoms with Gasteiger partial charge in [0.1, 0.15) is 0 Å². The van der Waals surface area contributed by atoms with Gasteiger partial charge in [-0.3, -0.25) is 9.59 Å². The molecule has 0 unspecified atom stereocenters. The molecule has 0 aliphatic rings. The predicted molar refractivity (Wildman–Crippen MR) is 69.6 cm³/mol. The first-order valence-corrected chi connectivity index (χ1v) is 5.98. The number of aryl methyl sites for hydroxylation is 1. The number of carbonyl (C=O) groups is 2. The Hall–Kier alpha value is -1.84. The van der Waals surface area contributed by atoms with Crippen LogP contribution in [0, 0.1) is 0 Å². The van der Waals surface area contributed by atoms with E-state index in [0.29, 0.717) is 5.56 Å². The maximum Gasteiger partial charge on any atom is 0.305 e. The van der Waals surface area contributed by atoms with Gasteiger partial charge in [-0.25, -0.2) is 0 Å². The molecule has 1 aromatic carbocycles. The van der Waals surface area contributed by atoms with Crippen molar-refractivity contribution in [2.24, 2.45) is 0 Å². The maximum atomic E-state index is 12.1. The molecule has 1 aromatic rings. The van der Waals surface area contributed by atoms with Crippen LogP contribution in [-0.4, -0.2) is 22.5 Å². The zero-order valence-corrected chi connectivity index (χ0v) is 11.0. The minimum atomic E-state index is -0.927. The first-order chi connectivity index (χ1) is 8.35. The molecule has 0 saturated heterocycles. The van der Waals surface area contributed by atoms with Gasteiger partial charge in [-0.15, -0.1) is 0 Å². The quantitative estimate of drug-likeness (QED) is 0.841. The molecule has 0 aliphatic heterocycles. The molecule has 0 atom stereocenters. The summed E-state index contributed by atoms with van der Waals surface area (Å²) in [6.07, 6.45) is 0.663. The van der Waals surface area contributed by atoms with Crippen LogP contribution >= 0.6 is 0 Å². The standard InChI is InChI=1S/C14H19NO3/c1-4-10-7-5-6-8-11(10)13(18)15-14(2,3)9-12(16)17/h5-8H,4,9H2,1-3H3,(H,15,18)(H,16,17). The number of carbonyl (C=O) groups excluding carboxylic acids is 1. The second kappa shape index (κ2) is 5.67. The van der Waals surface area contributed by atoms with Crippen molar-refractivity contribution in [3.8, 4) is 0 Å². The number of aliphatic carboxylic acids is 1. The normalized spacial score (nSPS) is 11.1. The van der Waals surface area contributed by atoms with E-state index in [-0.39, 0.29) is 12.3 Å². The molecule has 2 N–H and O–H groups in total. The number of hydrogen-bond acceptors (Lipinski definition) is 2. The van der Waals surface area contributed by atoms with Crippen LogP contribution in [0.1, 0.15) is 43.1 Å². The van der Waals surface area contributed by atoms with Crippen molar-refractivity contribution in [3.63, 3.8) is 0 Å². The van der Waals surface area contributed by atoms with E-state index in [1.54, 1.807) is 26.0 Å². The highest BCUT2D eigenvalue weighted by Gasteiger charge is 2.24. The molecule has 0 aromatic heterocycles. The Kier molecular flexibility index (Phi) is 4.48. The lowest BCUT2D eigenvalue weighted by molar-refractivity contribution is -0.138. The fourth-order valence-corrected chi connectivity index (χ4v) is 1.85. The summed E-state index contributed by atoms with van der Waals surface area (Å²) in [4.78, 5) is 22.8. The molecule has 0 spiro atoms. The molecule has 4 heteroatoms. The molecule has 0 fully saturated rings. The largest absolute Gasteiger partial charge is 0.481 e. The van der Waals surface area contributed by atoms with Gasteiger partial charge >= 0.3 is 5.97 Å². The molecule has 4 nitrogen and oxygen atoms in total. The minimum absolute atomic E-state index is 0.104. The first-order valence-electron chi connectivity index (χ1n) is 5.98. The Morgan fingerprint density at radius 2 is 1.89 bits per heavy atom. The van der Waals surface area contributed by atoms with Gasteiger partial charge in [0, 0.05) is 11.1 Å². The van der Waals surface area contributed by atoms with E-state index in [9.17, 15) is 9.59 Å². The second-order valence-corrected chi connectivity index (χ2v) is 4.92. The lowest BCUT2D eigenvalue weighted by Gasteiger charge is -2.24. The molecule has 0 aliphatic carbocycles. The summed E-state index contributed by atoms with van der Waals surface area (Å²) in [5, 5.41) is 11.5. The van der Waals surface area contributed by atoms with Crippen LogP contribution in [0.2, 0.25) is 0 Å². The third kappa shape index (κ3) is 3.87. The summed E-state index contributed by atoms with van der Waals surface area (Å²) in [7, 11) is 0. The molecule has 0 bridgehead atoms. The SMILES string of the molecule is CCc1ccccc1C(=O)NC(C)(C)CC(=O)O. The fraction of sp³-hybridized carbons (Fsp3) is 0.429. The van der Waals surface area contributed by atoms with Gasteiger partial charge in [0.05, 0.1) is 6.42 Å². The van der Waals surface area contributed by atoms with E-state index in [0.717, 1.165) is 12.0 Å². The van der Waals surface area contributed by atoms with Crippen LogP contribution in [0.3, 0.4) is 0 Å². The van der Waals surface area contributed by atoms with E-state index < -0.39 is 11.5 Å². The highest BCUT2D eigenvalue weighted by molar-refractivity contribution is 5.96. The van der Waals surface area contributed by atoms with Crippen LogP contribution < -0.4 is 5.32 Å². The highest BCUT2D eigenvalue weighted by Crippen LogP contribution is 2.13. The van der Waals surface area contributed by atoms with Gasteiger partial charge in [0.25, 0.3) is 5.91 Å². The Balaban J connectivity index is 2.85. The number of benzene rings is 1. The van der Waals surface area contributed by atoms with Crippen molar-refractivity contribution < 1.29 is 14.7 Å². The molecule has 0 heterocycles. The number of carboxylic acids is 1. The summed E-state index contributed by atoms with van der Waals surface area (Å²) in [6.45, 7) is 5.38. The van der Waals surface area contributed by atoms with Crippen molar-refractivity contribution in [2.45, 2.75) is 39.2 Å². The Morgan fingerprint density at radius 1 is 1.28 bits per heavy atom. The second-order valence-electron chi connectivity index (χ2n) is 4.92. The highest BCUT2D eigenvalue weighted by atomic mass is 16.4. The van der Waals surface area contributed by atoms with Crippen molar-refractivity contribution in [1.82, 2.24) is 5.32 Å². The lowest BCUT2D eigenvalue weighted by Crippen LogP contribution is -2.45. The topological polar surface area (TPSA) is 66.4 Å². The molecule has 18 heavy (non-hydrogen) atoms. The van der Waals surface area contributed by atoms with Crippen molar-refractivity contribution in [1.29, 1.82) is 0 Å². The van der Waals surface area contributed by atoms with Crippen LogP contribution in [0.25, 0.3) is 0 Å². The number of rotatable bonds is 5. The molecular weight excluding hydrogens is 230 g/mol. The van der Waals surface area contributed by atoms with Gasteiger partial charge in [0.2, 0.25) is 0 Å². The van der Waals surface area contributed by atoms with E-state index >= 15 is 0 Å². The van der Waals surface area contributed by atoms with Crippen LogP contribution in [0.15, 0.2) is 24.3 Å². The lowest BCUT2D eigenvalue weighted by atomic mass is 9.98. The fourth-order valence-electron chi connectivity index (χ4n) is 1.85. The summed E-state index contributed by atoms with van der Waals surface area (Å²) in [6, 6.07) is 7.35. The summed E-state index contributed by atoms with van der Waals surface area (Å²) >= 11 is 0. The van der Waals surface area contributed by atoms with Gasteiger partial charge < -0.3 is 10.4 Å². The summed E-state index contributed by atoms with van der Waals surface area (Å²) in [5.41, 5.74) is 0.809.